The van der Waals surface area contributed by atoms with E-state index >= 15 is 0 Å². The number of carbonyl (C=O) groups is 2. The van der Waals surface area contributed by atoms with Gasteiger partial charge in [0.15, 0.2) is 0 Å². The number of amides is 2. The number of carbonyl (C=O) groups excluding carboxylic acids is 2. The maximum absolute atomic E-state index is 12.7. The first-order valence-electron chi connectivity index (χ1n) is 9.84. The fraction of sp³-hybridized carbons (Fsp3) is 0.333. The normalized spacial score (nSPS) is 11.9. The molecule has 2 N–H and O–H groups in total. The Morgan fingerprint density at radius 1 is 0.969 bits per heavy atom. The van der Waals surface area contributed by atoms with Gasteiger partial charge in [-0.3, -0.25) is 9.59 Å². The monoisotopic (exact) mass is 471 g/mol. The van der Waals surface area contributed by atoms with Crippen LogP contribution in [-0.4, -0.2) is 44.2 Å². The van der Waals surface area contributed by atoms with Crippen LogP contribution in [0.3, 0.4) is 0 Å². The second kappa shape index (κ2) is 10.6. The van der Waals surface area contributed by atoms with E-state index < -0.39 is 33.6 Å². The second-order valence-electron chi connectivity index (χ2n) is 6.77. The molecular formula is C21H24F3N3O4S. The summed E-state index contributed by atoms with van der Waals surface area (Å²) < 4.78 is 64.5. The quantitative estimate of drug-likeness (QED) is 0.579. The van der Waals surface area contributed by atoms with E-state index in [-0.39, 0.29) is 17.1 Å². The van der Waals surface area contributed by atoms with E-state index in [4.69, 9.17) is 0 Å². The lowest BCUT2D eigenvalue weighted by Crippen LogP contribution is -2.36. The third kappa shape index (κ3) is 6.54. The first-order valence-corrected chi connectivity index (χ1v) is 11.3. The molecule has 2 aromatic rings. The predicted octanol–water partition coefficient (Wildman–Crippen LogP) is 3.03. The van der Waals surface area contributed by atoms with E-state index in [1.807, 2.05) is 0 Å². The summed E-state index contributed by atoms with van der Waals surface area (Å²) in [6.07, 6.45) is -4.24. The van der Waals surface area contributed by atoms with Gasteiger partial charge in [0.2, 0.25) is 10.0 Å². The smallest absolute Gasteiger partial charge is 0.347 e. The van der Waals surface area contributed by atoms with E-state index in [0.717, 1.165) is 23.8 Å². The van der Waals surface area contributed by atoms with Crippen LogP contribution in [0.5, 0.6) is 0 Å². The van der Waals surface area contributed by atoms with Gasteiger partial charge in [-0.2, -0.15) is 17.5 Å². The van der Waals surface area contributed by atoms with Gasteiger partial charge in [-0.25, -0.2) is 8.42 Å². The van der Waals surface area contributed by atoms with Gasteiger partial charge in [0.1, 0.15) is 0 Å². The number of anilines is 1. The van der Waals surface area contributed by atoms with Crippen LogP contribution in [0.4, 0.5) is 18.9 Å². The van der Waals surface area contributed by atoms with Crippen molar-refractivity contribution in [1.82, 2.24) is 9.62 Å². The summed E-state index contributed by atoms with van der Waals surface area (Å²) in [4.78, 5) is 24.0. The van der Waals surface area contributed by atoms with Crippen molar-refractivity contribution >= 4 is 27.5 Å². The largest absolute Gasteiger partial charge is 0.416 e. The first-order chi connectivity index (χ1) is 15.0. The SMILES string of the molecule is CCN(CC)S(=O)(=O)c1ccc(CCNC(=O)C(=O)Nc2cccc(C(F)(F)F)c2)cc1. The molecule has 0 fully saturated rings. The number of nitrogens with zero attached hydrogens (tertiary/aromatic N) is 1. The van der Waals surface area contributed by atoms with Crippen LogP contribution in [-0.2, 0) is 32.2 Å². The summed E-state index contributed by atoms with van der Waals surface area (Å²) in [5, 5.41) is 4.50. The molecule has 0 saturated heterocycles. The summed E-state index contributed by atoms with van der Waals surface area (Å²) in [6.45, 7) is 4.30. The molecule has 2 rings (SSSR count). The van der Waals surface area contributed by atoms with E-state index in [9.17, 15) is 31.2 Å². The zero-order valence-electron chi connectivity index (χ0n) is 17.6. The number of hydrogen-bond donors (Lipinski definition) is 2. The zero-order valence-corrected chi connectivity index (χ0v) is 18.4. The van der Waals surface area contributed by atoms with E-state index in [0.29, 0.717) is 19.5 Å². The van der Waals surface area contributed by atoms with Crippen LogP contribution in [0.15, 0.2) is 53.4 Å². The molecule has 32 heavy (non-hydrogen) atoms. The Morgan fingerprint density at radius 3 is 2.16 bits per heavy atom. The summed E-state index contributed by atoms with van der Waals surface area (Å²) in [5.41, 5.74) is -0.353. The maximum atomic E-state index is 12.7. The molecule has 11 heteroatoms. The van der Waals surface area contributed by atoms with Crippen molar-refractivity contribution in [2.24, 2.45) is 0 Å². The van der Waals surface area contributed by atoms with Crippen molar-refractivity contribution in [3.8, 4) is 0 Å². The number of benzene rings is 2. The molecule has 2 aromatic carbocycles. The van der Waals surface area contributed by atoms with Crippen molar-refractivity contribution in [3.63, 3.8) is 0 Å². The minimum absolute atomic E-state index is 0.0803. The Hall–Kier alpha value is -2.92. The molecule has 0 saturated carbocycles. The molecule has 0 aliphatic carbocycles. The number of halogens is 3. The highest BCUT2D eigenvalue weighted by Crippen LogP contribution is 2.30. The van der Waals surface area contributed by atoms with Gasteiger partial charge in [0, 0.05) is 25.3 Å². The highest BCUT2D eigenvalue weighted by Gasteiger charge is 2.30. The third-order valence-electron chi connectivity index (χ3n) is 4.62. The number of alkyl halides is 3. The summed E-state index contributed by atoms with van der Waals surface area (Å²) >= 11 is 0. The second-order valence-corrected chi connectivity index (χ2v) is 8.71. The average molecular weight is 472 g/mol. The van der Waals surface area contributed by atoms with Gasteiger partial charge in [0.25, 0.3) is 0 Å². The van der Waals surface area contributed by atoms with Gasteiger partial charge in [-0.1, -0.05) is 32.0 Å². The topological polar surface area (TPSA) is 95.6 Å². The average Bonchev–Trinajstić information content (AvgIpc) is 2.74. The molecule has 174 valence electrons. The summed E-state index contributed by atoms with van der Waals surface area (Å²) in [6, 6.07) is 10.1. The predicted molar refractivity (Wildman–Crippen MR) is 113 cm³/mol. The Kier molecular flexibility index (Phi) is 8.39. The molecule has 2 amide bonds. The van der Waals surface area contributed by atoms with Crippen molar-refractivity contribution in [3.05, 3.63) is 59.7 Å². The number of rotatable bonds is 8. The van der Waals surface area contributed by atoms with Crippen LogP contribution >= 0.6 is 0 Å². The van der Waals surface area contributed by atoms with Gasteiger partial charge in [0.05, 0.1) is 10.5 Å². The molecule has 0 spiro atoms. The lowest BCUT2D eigenvalue weighted by molar-refractivity contribution is -0.137. The van der Waals surface area contributed by atoms with Gasteiger partial charge >= 0.3 is 18.0 Å². The van der Waals surface area contributed by atoms with E-state index in [1.165, 1.54) is 22.5 Å². The minimum atomic E-state index is -4.57. The molecular weight excluding hydrogens is 447 g/mol. The molecule has 0 aromatic heterocycles. The van der Waals surface area contributed by atoms with Crippen molar-refractivity contribution in [1.29, 1.82) is 0 Å². The highest BCUT2D eigenvalue weighted by atomic mass is 32.2. The number of sulfonamides is 1. The van der Waals surface area contributed by atoms with Crippen LogP contribution in [0, 0.1) is 0 Å². The fourth-order valence-electron chi connectivity index (χ4n) is 2.90. The standard InChI is InChI=1S/C21H24F3N3O4S/c1-3-27(4-2)32(30,31)18-10-8-15(9-11-18)12-13-25-19(28)20(29)26-17-7-5-6-16(14-17)21(22,23)24/h5-11,14H,3-4,12-13H2,1-2H3,(H,25,28)(H,26,29). The molecule has 0 atom stereocenters. The van der Waals surface area contributed by atoms with Crippen LogP contribution < -0.4 is 10.6 Å². The fourth-order valence-corrected chi connectivity index (χ4v) is 4.36. The Labute approximate surface area is 184 Å². The highest BCUT2D eigenvalue weighted by molar-refractivity contribution is 7.89. The van der Waals surface area contributed by atoms with Crippen LogP contribution in [0.1, 0.15) is 25.0 Å². The summed E-state index contributed by atoms with van der Waals surface area (Å²) in [5.74, 6) is -2.09. The van der Waals surface area contributed by atoms with Gasteiger partial charge in [-0.05, 0) is 42.3 Å². The molecule has 0 aliphatic heterocycles. The number of nitrogens with one attached hydrogen (secondary N) is 2. The first kappa shape index (κ1) is 25.3. The molecule has 0 aliphatic rings. The molecule has 0 bridgehead atoms. The molecule has 0 radical (unpaired) electrons. The molecule has 0 heterocycles. The lowest BCUT2D eigenvalue weighted by Gasteiger charge is -2.18. The van der Waals surface area contributed by atoms with Crippen LogP contribution in [0.2, 0.25) is 0 Å². The molecule has 0 unspecified atom stereocenters. The Balaban J connectivity index is 1.89. The van der Waals surface area contributed by atoms with Gasteiger partial charge in [-0.15, -0.1) is 0 Å². The zero-order chi connectivity index (χ0) is 23.9. The third-order valence-corrected chi connectivity index (χ3v) is 6.68. The molecule has 7 nitrogen and oxygen atoms in total. The van der Waals surface area contributed by atoms with Crippen LogP contribution in [0.25, 0.3) is 0 Å². The summed E-state index contributed by atoms with van der Waals surface area (Å²) in [7, 11) is -3.57. The minimum Gasteiger partial charge on any atom is -0.347 e. The Bertz CT molecular complexity index is 1050. The Morgan fingerprint density at radius 2 is 1.59 bits per heavy atom. The lowest BCUT2D eigenvalue weighted by atomic mass is 10.1. The van der Waals surface area contributed by atoms with Gasteiger partial charge < -0.3 is 10.6 Å². The number of hydrogen-bond acceptors (Lipinski definition) is 4. The van der Waals surface area contributed by atoms with Crippen molar-refractivity contribution in [2.45, 2.75) is 31.3 Å². The maximum Gasteiger partial charge on any atom is 0.416 e. The van der Waals surface area contributed by atoms with Crippen molar-refractivity contribution < 1.29 is 31.2 Å². The van der Waals surface area contributed by atoms with Crippen molar-refractivity contribution in [2.75, 3.05) is 25.0 Å². The van der Waals surface area contributed by atoms with E-state index in [2.05, 4.69) is 10.6 Å². The van der Waals surface area contributed by atoms with E-state index in [1.54, 1.807) is 26.0 Å².